The summed E-state index contributed by atoms with van der Waals surface area (Å²) >= 11 is 6.10. The molecule has 114 valence electrons. The summed E-state index contributed by atoms with van der Waals surface area (Å²) in [5.74, 6) is 1.85. The van der Waals surface area contributed by atoms with Gasteiger partial charge in [0.1, 0.15) is 11.5 Å². The van der Waals surface area contributed by atoms with Crippen molar-refractivity contribution in [2.45, 2.75) is 13.3 Å². The molecule has 7 heteroatoms. The highest BCUT2D eigenvalue weighted by molar-refractivity contribution is 6.32. The van der Waals surface area contributed by atoms with E-state index in [0.29, 0.717) is 33.7 Å². The van der Waals surface area contributed by atoms with Crippen molar-refractivity contribution in [1.82, 2.24) is 9.78 Å². The van der Waals surface area contributed by atoms with Crippen LogP contribution in [0.1, 0.15) is 12.6 Å². The van der Waals surface area contributed by atoms with Crippen LogP contribution in [0.15, 0.2) is 12.1 Å². The van der Waals surface area contributed by atoms with E-state index in [9.17, 15) is 0 Å². The van der Waals surface area contributed by atoms with Crippen molar-refractivity contribution in [1.29, 1.82) is 0 Å². The van der Waals surface area contributed by atoms with Gasteiger partial charge in [0, 0.05) is 19.2 Å². The predicted octanol–water partition coefficient (Wildman–Crippen LogP) is 2.98. The molecule has 0 spiro atoms. The summed E-state index contributed by atoms with van der Waals surface area (Å²) < 4.78 is 12.3. The van der Waals surface area contributed by atoms with Crippen LogP contribution in [0.25, 0.3) is 0 Å². The molecule has 0 radical (unpaired) electrons. The standard InChI is InChI=1S/C14H19ClN4O2/c1-5-9-13(16)14(19(2)18-9)17-10-7-11(20-3)8(15)6-12(10)21-4/h6-7,17H,5,16H2,1-4H3. The first kappa shape index (κ1) is 15.3. The van der Waals surface area contributed by atoms with Crippen molar-refractivity contribution in [3.8, 4) is 11.5 Å². The summed E-state index contributed by atoms with van der Waals surface area (Å²) in [6.07, 6.45) is 0.766. The zero-order valence-electron chi connectivity index (χ0n) is 12.5. The molecule has 1 aromatic heterocycles. The van der Waals surface area contributed by atoms with E-state index in [0.717, 1.165) is 12.1 Å². The number of hydrogen-bond donors (Lipinski definition) is 2. The molecule has 0 saturated carbocycles. The van der Waals surface area contributed by atoms with Crippen LogP contribution in [0.3, 0.4) is 0 Å². The molecular weight excluding hydrogens is 292 g/mol. The summed E-state index contributed by atoms with van der Waals surface area (Å²) in [4.78, 5) is 0. The molecule has 0 fully saturated rings. The number of halogens is 1. The summed E-state index contributed by atoms with van der Waals surface area (Å²) in [7, 11) is 4.97. The molecule has 0 aliphatic carbocycles. The summed E-state index contributed by atoms with van der Waals surface area (Å²) in [6.45, 7) is 2.01. The molecule has 0 atom stereocenters. The van der Waals surface area contributed by atoms with Crippen molar-refractivity contribution >= 4 is 28.8 Å². The minimum Gasteiger partial charge on any atom is -0.495 e. The van der Waals surface area contributed by atoms with E-state index >= 15 is 0 Å². The van der Waals surface area contributed by atoms with Gasteiger partial charge in [-0.1, -0.05) is 18.5 Å². The Morgan fingerprint density at radius 3 is 2.48 bits per heavy atom. The smallest absolute Gasteiger partial charge is 0.152 e. The molecule has 0 aliphatic heterocycles. The molecule has 2 rings (SSSR count). The number of hydrogen-bond acceptors (Lipinski definition) is 5. The Morgan fingerprint density at radius 1 is 1.29 bits per heavy atom. The van der Waals surface area contributed by atoms with E-state index in [4.69, 9.17) is 26.8 Å². The number of ether oxygens (including phenoxy) is 2. The lowest BCUT2D eigenvalue weighted by Gasteiger charge is -2.14. The lowest BCUT2D eigenvalue weighted by atomic mass is 10.2. The second-order valence-corrected chi connectivity index (χ2v) is 4.91. The van der Waals surface area contributed by atoms with E-state index in [1.165, 1.54) is 0 Å². The highest BCUT2D eigenvalue weighted by Gasteiger charge is 2.16. The molecule has 6 nitrogen and oxygen atoms in total. The average molecular weight is 311 g/mol. The molecule has 21 heavy (non-hydrogen) atoms. The topological polar surface area (TPSA) is 74.3 Å². The van der Waals surface area contributed by atoms with Gasteiger partial charge in [-0.15, -0.1) is 0 Å². The first-order valence-corrected chi connectivity index (χ1v) is 6.89. The third-order valence-corrected chi connectivity index (χ3v) is 3.52. The van der Waals surface area contributed by atoms with Gasteiger partial charge in [-0.3, -0.25) is 4.68 Å². The molecule has 1 aromatic carbocycles. The van der Waals surface area contributed by atoms with Gasteiger partial charge in [-0.2, -0.15) is 5.10 Å². The van der Waals surface area contributed by atoms with Gasteiger partial charge in [0.25, 0.3) is 0 Å². The SMILES string of the molecule is CCc1nn(C)c(Nc2cc(OC)c(Cl)cc2OC)c1N. The van der Waals surface area contributed by atoms with E-state index in [-0.39, 0.29) is 0 Å². The number of methoxy groups -OCH3 is 2. The number of nitrogen functional groups attached to an aromatic ring is 1. The van der Waals surface area contributed by atoms with Gasteiger partial charge in [0.2, 0.25) is 0 Å². The number of nitrogens with two attached hydrogens (primary N) is 1. The number of anilines is 3. The van der Waals surface area contributed by atoms with Crippen molar-refractivity contribution in [3.63, 3.8) is 0 Å². The van der Waals surface area contributed by atoms with Gasteiger partial charge in [-0.05, 0) is 6.42 Å². The number of nitrogens with one attached hydrogen (secondary N) is 1. The molecule has 0 bridgehead atoms. The molecule has 0 unspecified atom stereocenters. The van der Waals surface area contributed by atoms with Crippen LogP contribution >= 0.6 is 11.6 Å². The minimum absolute atomic E-state index is 0.479. The Morgan fingerprint density at radius 2 is 1.95 bits per heavy atom. The predicted molar refractivity (Wildman–Crippen MR) is 84.8 cm³/mol. The molecule has 0 saturated heterocycles. The fourth-order valence-corrected chi connectivity index (χ4v) is 2.32. The fraction of sp³-hybridized carbons (Fsp3) is 0.357. The lowest BCUT2D eigenvalue weighted by Crippen LogP contribution is -2.03. The van der Waals surface area contributed by atoms with Crippen molar-refractivity contribution in [2.75, 3.05) is 25.3 Å². The number of benzene rings is 1. The number of aromatic nitrogens is 2. The van der Waals surface area contributed by atoms with Crippen molar-refractivity contribution in [2.24, 2.45) is 7.05 Å². The first-order chi connectivity index (χ1) is 10.0. The number of nitrogens with zero attached hydrogens (tertiary/aromatic N) is 2. The van der Waals surface area contributed by atoms with Gasteiger partial charge in [-0.25, -0.2) is 0 Å². The zero-order valence-corrected chi connectivity index (χ0v) is 13.3. The van der Waals surface area contributed by atoms with Gasteiger partial charge >= 0.3 is 0 Å². The van der Waals surface area contributed by atoms with Gasteiger partial charge in [0.05, 0.1) is 36.3 Å². The monoisotopic (exact) mass is 310 g/mol. The largest absolute Gasteiger partial charge is 0.495 e. The summed E-state index contributed by atoms with van der Waals surface area (Å²) in [5.41, 5.74) is 8.28. The molecule has 2 aromatic rings. The van der Waals surface area contributed by atoms with Gasteiger partial charge in [0.15, 0.2) is 5.82 Å². The number of rotatable bonds is 5. The van der Waals surface area contributed by atoms with E-state index in [1.807, 2.05) is 14.0 Å². The zero-order chi connectivity index (χ0) is 15.6. The summed E-state index contributed by atoms with van der Waals surface area (Å²) in [5, 5.41) is 8.08. The maximum Gasteiger partial charge on any atom is 0.152 e. The Kier molecular flexibility index (Phi) is 4.47. The van der Waals surface area contributed by atoms with E-state index in [1.54, 1.807) is 31.0 Å². The second-order valence-electron chi connectivity index (χ2n) is 4.50. The van der Waals surface area contributed by atoms with Crippen molar-refractivity contribution < 1.29 is 9.47 Å². The van der Waals surface area contributed by atoms with Gasteiger partial charge < -0.3 is 20.5 Å². The average Bonchev–Trinajstić information content (AvgIpc) is 2.75. The van der Waals surface area contributed by atoms with E-state index < -0.39 is 0 Å². The minimum atomic E-state index is 0.479. The Bertz CT molecular complexity index is 655. The highest BCUT2D eigenvalue weighted by Crippen LogP contribution is 2.38. The van der Waals surface area contributed by atoms with Crippen molar-refractivity contribution in [3.05, 3.63) is 22.8 Å². The van der Waals surface area contributed by atoms with E-state index in [2.05, 4.69) is 10.4 Å². The number of aryl methyl sites for hydroxylation is 2. The van der Waals surface area contributed by atoms with Crippen LogP contribution in [-0.2, 0) is 13.5 Å². The van der Waals surface area contributed by atoms with Crippen LogP contribution in [0.5, 0.6) is 11.5 Å². The maximum atomic E-state index is 6.11. The first-order valence-electron chi connectivity index (χ1n) is 6.51. The Labute approximate surface area is 128 Å². The van der Waals surface area contributed by atoms with Crippen LogP contribution in [0.2, 0.25) is 5.02 Å². The third-order valence-electron chi connectivity index (χ3n) is 3.22. The fourth-order valence-electron chi connectivity index (χ4n) is 2.09. The Balaban J connectivity index is 2.46. The van der Waals surface area contributed by atoms with Crippen LogP contribution in [-0.4, -0.2) is 24.0 Å². The molecule has 0 amide bonds. The van der Waals surface area contributed by atoms with Crippen LogP contribution < -0.4 is 20.5 Å². The molecule has 0 aliphatic rings. The lowest BCUT2D eigenvalue weighted by molar-refractivity contribution is 0.405. The van der Waals surface area contributed by atoms with Crippen LogP contribution in [0.4, 0.5) is 17.2 Å². The second kappa shape index (κ2) is 6.13. The molecule has 3 N–H and O–H groups in total. The quantitative estimate of drug-likeness (QED) is 0.888. The molecule has 1 heterocycles. The van der Waals surface area contributed by atoms with Crippen LogP contribution in [0, 0.1) is 0 Å². The Hall–Kier alpha value is -2.08. The highest BCUT2D eigenvalue weighted by atomic mass is 35.5. The normalized spacial score (nSPS) is 10.5. The third kappa shape index (κ3) is 2.85. The maximum absolute atomic E-state index is 6.11. The molecular formula is C14H19ClN4O2. The summed E-state index contributed by atoms with van der Waals surface area (Å²) in [6, 6.07) is 3.45.